The Kier molecular flexibility index (Phi) is 5.75. The Morgan fingerprint density at radius 1 is 1.12 bits per heavy atom. The minimum absolute atomic E-state index is 0.0183. The first-order chi connectivity index (χ1) is 16.1. The molecular weight excluding hydrogens is 458 g/mol. The number of imidazole rings is 1. The van der Waals surface area contributed by atoms with Crippen LogP contribution in [0.5, 0.6) is 5.75 Å². The molecule has 0 bridgehead atoms. The lowest BCUT2D eigenvalue weighted by atomic mass is 10.0. The highest BCUT2D eigenvalue weighted by molar-refractivity contribution is 7.89. The van der Waals surface area contributed by atoms with Gasteiger partial charge in [0.15, 0.2) is 22.2 Å². The summed E-state index contributed by atoms with van der Waals surface area (Å²) in [5.41, 5.74) is -0.959. The summed E-state index contributed by atoms with van der Waals surface area (Å²) in [5.74, 6) is 1.37. The third-order valence-electron chi connectivity index (χ3n) is 6.83. The molecule has 34 heavy (non-hydrogen) atoms. The van der Waals surface area contributed by atoms with Crippen LogP contribution in [0.2, 0.25) is 0 Å². The highest BCUT2D eigenvalue weighted by Gasteiger charge is 2.45. The van der Waals surface area contributed by atoms with Gasteiger partial charge in [-0.3, -0.25) is 9.69 Å². The van der Waals surface area contributed by atoms with Crippen molar-refractivity contribution in [3.63, 3.8) is 0 Å². The van der Waals surface area contributed by atoms with Crippen LogP contribution in [0.3, 0.4) is 0 Å². The summed E-state index contributed by atoms with van der Waals surface area (Å²) < 4.78 is 34.7. The Hall–Kier alpha value is -2.73. The zero-order valence-electron chi connectivity index (χ0n) is 19.8. The smallest absolute Gasteiger partial charge is 0.272 e. The van der Waals surface area contributed by atoms with Gasteiger partial charge >= 0.3 is 0 Å². The van der Waals surface area contributed by atoms with Crippen molar-refractivity contribution >= 4 is 27.7 Å². The SMILES string of the molecule is Cn1cnc(S(=O)(=O)N2CCC(Nc3ncc4c(n3)N(C3CCCC3)C(=O)C(C)(C)O4)CC2)c1. The molecule has 0 atom stereocenters. The number of carbonyl (C=O) groups excluding carboxylic acids is 1. The second-order valence-electron chi connectivity index (χ2n) is 9.81. The minimum atomic E-state index is -3.60. The number of sulfonamides is 1. The lowest BCUT2D eigenvalue weighted by molar-refractivity contribution is -0.133. The minimum Gasteiger partial charge on any atom is -0.472 e. The van der Waals surface area contributed by atoms with E-state index in [1.54, 1.807) is 36.6 Å². The molecule has 1 aliphatic carbocycles. The van der Waals surface area contributed by atoms with Crippen molar-refractivity contribution in [3.8, 4) is 5.75 Å². The Morgan fingerprint density at radius 2 is 1.82 bits per heavy atom. The van der Waals surface area contributed by atoms with Crippen LogP contribution in [0.1, 0.15) is 52.4 Å². The van der Waals surface area contributed by atoms with Gasteiger partial charge in [0.2, 0.25) is 5.95 Å². The van der Waals surface area contributed by atoms with Crippen molar-refractivity contribution in [1.29, 1.82) is 0 Å². The number of aromatic nitrogens is 4. The highest BCUT2D eigenvalue weighted by atomic mass is 32.2. The number of anilines is 2. The summed E-state index contributed by atoms with van der Waals surface area (Å²) in [6, 6.07) is 0.141. The standard InChI is InChI=1S/C22H31N7O4S/c1-22(2)20(30)29(16-6-4-5-7-16)19-17(33-22)12-23-21(26-19)25-15-8-10-28(11-9-15)34(31,32)18-13-27(3)14-24-18/h12-16H,4-11H2,1-3H3,(H,23,25,26). The first-order valence-electron chi connectivity index (χ1n) is 11.8. The van der Waals surface area contributed by atoms with Crippen LogP contribution in [-0.2, 0) is 21.9 Å². The molecule has 0 aromatic carbocycles. The Balaban J connectivity index is 1.30. The van der Waals surface area contributed by atoms with Crippen molar-refractivity contribution in [2.24, 2.45) is 7.05 Å². The number of amides is 1. The predicted molar refractivity (Wildman–Crippen MR) is 125 cm³/mol. The molecule has 11 nitrogen and oxygen atoms in total. The van der Waals surface area contributed by atoms with E-state index < -0.39 is 15.6 Å². The third-order valence-corrected chi connectivity index (χ3v) is 8.61. The molecule has 3 aliphatic rings. The summed E-state index contributed by atoms with van der Waals surface area (Å²) in [7, 11) is -1.86. The molecule has 1 N–H and O–H groups in total. The van der Waals surface area contributed by atoms with Crippen LogP contribution < -0.4 is 15.0 Å². The molecule has 2 fully saturated rings. The number of nitrogens with zero attached hydrogens (tertiary/aromatic N) is 6. The van der Waals surface area contributed by atoms with Crippen LogP contribution in [0.4, 0.5) is 11.8 Å². The average Bonchev–Trinajstić information content (AvgIpc) is 3.48. The number of piperidine rings is 1. The van der Waals surface area contributed by atoms with Gasteiger partial charge in [-0.05, 0) is 39.5 Å². The van der Waals surface area contributed by atoms with E-state index in [1.807, 2.05) is 0 Å². The highest BCUT2D eigenvalue weighted by Crippen LogP contribution is 2.40. The maximum atomic E-state index is 13.2. The third kappa shape index (κ3) is 4.13. The summed E-state index contributed by atoms with van der Waals surface area (Å²) >= 11 is 0. The lowest BCUT2D eigenvalue weighted by Crippen LogP contribution is -2.56. The first-order valence-corrected chi connectivity index (χ1v) is 13.2. The Bertz CT molecular complexity index is 1180. The first kappa shape index (κ1) is 23.0. The second kappa shape index (κ2) is 8.49. The number of ether oxygens (including phenoxy) is 1. The molecule has 4 heterocycles. The number of nitrogens with one attached hydrogen (secondary N) is 1. The van der Waals surface area contributed by atoms with E-state index in [0.717, 1.165) is 25.7 Å². The topological polar surface area (TPSA) is 123 Å². The zero-order chi connectivity index (χ0) is 24.1. The zero-order valence-corrected chi connectivity index (χ0v) is 20.6. The fourth-order valence-corrected chi connectivity index (χ4v) is 6.40. The lowest BCUT2D eigenvalue weighted by Gasteiger charge is -2.40. The van der Waals surface area contributed by atoms with Crippen LogP contribution in [0.25, 0.3) is 0 Å². The molecule has 0 unspecified atom stereocenters. The van der Waals surface area contributed by atoms with Crippen molar-refractivity contribution < 1.29 is 17.9 Å². The van der Waals surface area contributed by atoms with Crippen molar-refractivity contribution in [2.75, 3.05) is 23.3 Å². The van der Waals surface area contributed by atoms with Crippen LogP contribution in [-0.4, -0.2) is 68.9 Å². The fraction of sp³-hybridized carbons (Fsp3) is 0.636. The predicted octanol–water partition coefficient (Wildman–Crippen LogP) is 1.92. The molecule has 5 rings (SSSR count). The van der Waals surface area contributed by atoms with E-state index in [0.29, 0.717) is 43.4 Å². The molecule has 184 valence electrons. The van der Waals surface area contributed by atoms with Crippen molar-refractivity contribution in [3.05, 3.63) is 18.7 Å². The average molecular weight is 490 g/mol. The molecule has 2 aromatic heterocycles. The molecule has 2 aromatic rings. The van der Waals surface area contributed by atoms with Gasteiger partial charge in [-0.25, -0.2) is 18.4 Å². The van der Waals surface area contributed by atoms with E-state index in [4.69, 9.17) is 4.74 Å². The number of fused-ring (bicyclic) bond motifs is 1. The van der Waals surface area contributed by atoms with Crippen LogP contribution >= 0.6 is 0 Å². The van der Waals surface area contributed by atoms with Gasteiger partial charge in [-0.2, -0.15) is 9.29 Å². The molecule has 1 saturated carbocycles. The van der Waals surface area contributed by atoms with Gasteiger partial charge in [0.05, 0.1) is 12.5 Å². The molecule has 1 amide bonds. The molecule has 0 spiro atoms. The van der Waals surface area contributed by atoms with Crippen molar-refractivity contribution in [2.45, 2.75) is 75.1 Å². The van der Waals surface area contributed by atoms with Crippen LogP contribution in [0, 0.1) is 0 Å². The number of aryl methyl sites for hydroxylation is 1. The molecular formula is C22H31N7O4S. The maximum Gasteiger partial charge on any atom is 0.272 e. The van der Waals surface area contributed by atoms with Gasteiger partial charge < -0.3 is 14.6 Å². The van der Waals surface area contributed by atoms with Gasteiger partial charge in [0, 0.05) is 38.4 Å². The van der Waals surface area contributed by atoms with Gasteiger partial charge in [-0.1, -0.05) is 12.8 Å². The number of rotatable bonds is 5. The van der Waals surface area contributed by atoms with Crippen LogP contribution in [0.15, 0.2) is 23.7 Å². The van der Waals surface area contributed by atoms with Gasteiger partial charge in [0.1, 0.15) is 0 Å². The van der Waals surface area contributed by atoms with Gasteiger partial charge in [-0.15, -0.1) is 0 Å². The second-order valence-corrected chi connectivity index (χ2v) is 11.7. The monoisotopic (exact) mass is 489 g/mol. The number of carbonyl (C=O) groups is 1. The fourth-order valence-electron chi connectivity index (χ4n) is 4.96. The largest absolute Gasteiger partial charge is 0.472 e. The van der Waals surface area contributed by atoms with E-state index in [9.17, 15) is 13.2 Å². The Labute approximate surface area is 199 Å². The van der Waals surface area contributed by atoms with E-state index >= 15 is 0 Å². The molecule has 0 radical (unpaired) electrons. The quantitative estimate of drug-likeness (QED) is 0.676. The summed E-state index contributed by atoms with van der Waals surface area (Å²) in [6.07, 6.45) is 9.96. The number of hydrogen-bond acceptors (Lipinski definition) is 8. The molecule has 1 saturated heterocycles. The van der Waals surface area contributed by atoms with Gasteiger partial charge in [0.25, 0.3) is 15.9 Å². The van der Waals surface area contributed by atoms with E-state index in [2.05, 4.69) is 20.3 Å². The molecule has 2 aliphatic heterocycles. The summed E-state index contributed by atoms with van der Waals surface area (Å²) in [4.78, 5) is 28.1. The molecule has 12 heteroatoms. The Morgan fingerprint density at radius 3 is 2.47 bits per heavy atom. The summed E-state index contributed by atoms with van der Waals surface area (Å²) in [6.45, 7) is 4.31. The number of hydrogen-bond donors (Lipinski definition) is 1. The maximum absolute atomic E-state index is 13.2. The normalized spacial score (nSPS) is 22.0. The van der Waals surface area contributed by atoms with E-state index in [1.165, 1.54) is 16.8 Å². The summed E-state index contributed by atoms with van der Waals surface area (Å²) in [5, 5.41) is 3.41. The van der Waals surface area contributed by atoms with E-state index in [-0.39, 0.29) is 23.0 Å². The van der Waals surface area contributed by atoms with Crippen molar-refractivity contribution in [1.82, 2.24) is 23.8 Å².